The van der Waals surface area contributed by atoms with Gasteiger partial charge in [0.1, 0.15) is 0 Å². The first-order chi connectivity index (χ1) is 8.62. The highest BCUT2D eigenvalue weighted by Gasteiger charge is 2.12. The van der Waals surface area contributed by atoms with Crippen molar-refractivity contribution < 1.29 is 19.4 Å². The van der Waals surface area contributed by atoms with Gasteiger partial charge >= 0.3 is 0 Å². The fraction of sp³-hybridized carbons (Fsp3) is 0.462. The van der Waals surface area contributed by atoms with E-state index in [1.807, 2.05) is 0 Å². The van der Waals surface area contributed by atoms with Crippen molar-refractivity contribution in [2.75, 3.05) is 21.3 Å². The largest absolute Gasteiger partial charge is 0.493 e. The second kappa shape index (κ2) is 6.86. The van der Waals surface area contributed by atoms with E-state index in [0.29, 0.717) is 23.5 Å². The molecule has 2 N–H and O–H groups in total. The Labute approximate surface area is 107 Å². The summed E-state index contributed by atoms with van der Waals surface area (Å²) in [6.45, 7) is 0. The third-order valence-corrected chi connectivity index (χ3v) is 2.72. The summed E-state index contributed by atoms with van der Waals surface area (Å²) in [5.41, 5.74) is 0.705. The molecule has 0 radical (unpaired) electrons. The average molecular weight is 253 g/mol. The van der Waals surface area contributed by atoms with Crippen molar-refractivity contribution in [1.29, 1.82) is 0 Å². The van der Waals surface area contributed by atoms with Crippen molar-refractivity contribution in [1.82, 2.24) is 5.32 Å². The highest BCUT2D eigenvalue weighted by atomic mass is 16.5. The molecule has 0 saturated heterocycles. The normalized spacial score (nSPS) is 11.8. The lowest BCUT2D eigenvalue weighted by atomic mass is 10.0. The summed E-state index contributed by atoms with van der Waals surface area (Å²) < 4.78 is 10.3. The molecule has 1 unspecified atom stereocenters. The van der Waals surface area contributed by atoms with Crippen LogP contribution < -0.4 is 14.8 Å². The molecule has 0 spiro atoms. The lowest BCUT2D eigenvalue weighted by Crippen LogP contribution is -2.18. The number of aliphatic hydroxyl groups is 1. The van der Waals surface area contributed by atoms with Crippen molar-refractivity contribution in [3.05, 3.63) is 23.8 Å². The topological polar surface area (TPSA) is 67.8 Å². The van der Waals surface area contributed by atoms with Crippen LogP contribution in [0.5, 0.6) is 11.5 Å². The number of benzene rings is 1. The predicted octanol–water partition coefficient (Wildman–Crippen LogP) is 1.26. The molecular formula is C13H19NO4. The van der Waals surface area contributed by atoms with Crippen molar-refractivity contribution in [2.45, 2.75) is 18.9 Å². The van der Waals surface area contributed by atoms with Gasteiger partial charge in [0.05, 0.1) is 20.3 Å². The fourth-order valence-electron chi connectivity index (χ4n) is 1.62. The molecule has 1 rings (SSSR count). The van der Waals surface area contributed by atoms with Gasteiger partial charge in [0.15, 0.2) is 11.5 Å². The van der Waals surface area contributed by atoms with Gasteiger partial charge in [0.2, 0.25) is 5.91 Å². The molecule has 5 heteroatoms. The summed E-state index contributed by atoms with van der Waals surface area (Å²) in [5, 5.41) is 12.5. The summed E-state index contributed by atoms with van der Waals surface area (Å²) in [7, 11) is 4.67. The van der Waals surface area contributed by atoms with Gasteiger partial charge in [-0.1, -0.05) is 6.07 Å². The minimum absolute atomic E-state index is 0.0884. The maximum Gasteiger partial charge on any atom is 0.219 e. The zero-order valence-corrected chi connectivity index (χ0v) is 10.9. The van der Waals surface area contributed by atoms with Crippen LogP contribution in [0, 0.1) is 0 Å². The molecule has 1 atom stereocenters. The molecule has 0 fully saturated rings. The van der Waals surface area contributed by atoms with Crippen LogP contribution in [-0.2, 0) is 4.79 Å². The van der Waals surface area contributed by atoms with Gasteiger partial charge in [-0.15, -0.1) is 0 Å². The average Bonchev–Trinajstić information content (AvgIpc) is 2.43. The summed E-state index contributed by atoms with van der Waals surface area (Å²) >= 11 is 0. The first kappa shape index (κ1) is 14.3. The molecule has 1 aromatic rings. The molecule has 0 saturated carbocycles. The Morgan fingerprint density at radius 2 is 2.00 bits per heavy atom. The van der Waals surface area contributed by atoms with Crippen LogP contribution >= 0.6 is 0 Å². The minimum Gasteiger partial charge on any atom is -0.493 e. The summed E-state index contributed by atoms with van der Waals surface area (Å²) in [4.78, 5) is 11.1. The first-order valence-corrected chi connectivity index (χ1v) is 5.73. The second-order valence-electron chi connectivity index (χ2n) is 3.84. The van der Waals surface area contributed by atoms with E-state index in [-0.39, 0.29) is 12.3 Å². The van der Waals surface area contributed by atoms with E-state index in [9.17, 15) is 9.90 Å². The van der Waals surface area contributed by atoms with E-state index < -0.39 is 6.10 Å². The molecule has 1 aromatic carbocycles. The number of hydrogen-bond acceptors (Lipinski definition) is 4. The third-order valence-electron chi connectivity index (χ3n) is 2.72. The molecule has 1 amide bonds. The number of ether oxygens (including phenoxy) is 2. The molecular weight excluding hydrogens is 234 g/mol. The molecule has 0 aliphatic rings. The van der Waals surface area contributed by atoms with Gasteiger partial charge in [0, 0.05) is 13.5 Å². The number of nitrogens with one attached hydrogen (secondary N) is 1. The van der Waals surface area contributed by atoms with E-state index in [1.165, 1.54) is 0 Å². The Bertz CT molecular complexity index is 406. The highest BCUT2D eigenvalue weighted by molar-refractivity contribution is 5.75. The maximum absolute atomic E-state index is 11.1. The molecule has 5 nitrogen and oxygen atoms in total. The van der Waals surface area contributed by atoms with Gasteiger partial charge in [0.25, 0.3) is 0 Å². The number of rotatable bonds is 6. The lowest BCUT2D eigenvalue weighted by Gasteiger charge is -2.13. The lowest BCUT2D eigenvalue weighted by molar-refractivity contribution is -0.121. The monoisotopic (exact) mass is 253 g/mol. The number of aliphatic hydroxyl groups excluding tert-OH is 1. The van der Waals surface area contributed by atoms with E-state index in [2.05, 4.69) is 5.32 Å². The molecule has 0 aliphatic carbocycles. The van der Waals surface area contributed by atoms with Crippen LogP contribution in [-0.4, -0.2) is 32.3 Å². The van der Waals surface area contributed by atoms with Crippen LogP contribution in [0.4, 0.5) is 0 Å². The molecule has 0 heterocycles. The van der Waals surface area contributed by atoms with E-state index in [0.717, 1.165) is 0 Å². The summed E-state index contributed by atoms with van der Waals surface area (Å²) in [5.74, 6) is 1.09. The van der Waals surface area contributed by atoms with Gasteiger partial charge in [-0.3, -0.25) is 4.79 Å². The van der Waals surface area contributed by atoms with Crippen molar-refractivity contribution >= 4 is 5.91 Å². The summed E-state index contributed by atoms with van der Waals surface area (Å²) in [6.07, 6.45) is -0.0386. The Hall–Kier alpha value is -1.75. The third kappa shape index (κ3) is 3.63. The van der Waals surface area contributed by atoms with Gasteiger partial charge in [-0.2, -0.15) is 0 Å². The number of amides is 1. The number of carbonyl (C=O) groups is 1. The fourth-order valence-corrected chi connectivity index (χ4v) is 1.62. The van der Waals surface area contributed by atoms with Crippen LogP contribution in [0.15, 0.2) is 18.2 Å². The first-order valence-electron chi connectivity index (χ1n) is 5.73. The van der Waals surface area contributed by atoms with Crippen molar-refractivity contribution in [2.24, 2.45) is 0 Å². The Morgan fingerprint density at radius 1 is 1.33 bits per heavy atom. The molecule has 18 heavy (non-hydrogen) atoms. The van der Waals surface area contributed by atoms with Gasteiger partial charge in [-0.05, 0) is 24.1 Å². The van der Waals surface area contributed by atoms with Crippen molar-refractivity contribution in [3.8, 4) is 11.5 Å². The minimum atomic E-state index is -0.692. The molecule has 100 valence electrons. The zero-order valence-electron chi connectivity index (χ0n) is 10.9. The SMILES string of the molecule is CNC(=O)CCC(O)c1ccc(OC)c(OC)c1. The quantitative estimate of drug-likeness (QED) is 0.801. The summed E-state index contributed by atoms with van der Waals surface area (Å²) in [6, 6.07) is 5.21. The Morgan fingerprint density at radius 3 is 2.56 bits per heavy atom. The van der Waals surface area contributed by atoms with Crippen LogP contribution in [0.1, 0.15) is 24.5 Å². The molecule has 0 aliphatic heterocycles. The van der Waals surface area contributed by atoms with E-state index >= 15 is 0 Å². The zero-order chi connectivity index (χ0) is 13.5. The number of carbonyl (C=O) groups excluding carboxylic acids is 1. The maximum atomic E-state index is 11.1. The Balaban J connectivity index is 2.73. The molecule has 0 bridgehead atoms. The standard InChI is InChI=1S/C13H19NO4/c1-14-13(16)7-5-10(15)9-4-6-11(17-2)12(8-9)18-3/h4,6,8,10,15H,5,7H2,1-3H3,(H,14,16). The number of hydrogen-bond donors (Lipinski definition) is 2. The van der Waals surface area contributed by atoms with Crippen LogP contribution in [0.2, 0.25) is 0 Å². The smallest absolute Gasteiger partial charge is 0.219 e. The molecule has 0 aromatic heterocycles. The second-order valence-corrected chi connectivity index (χ2v) is 3.84. The number of methoxy groups -OCH3 is 2. The van der Waals surface area contributed by atoms with Crippen LogP contribution in [0.3, 0.4) is 0 Å². The van der Waals surface area contributed by atoms with E-state index in [1.54, 1.807) is 39.5 Å². The Kier molecular flexibility index (Phi) is 5.45. The van der Waals surface area contributed by atoms with Gasteiger partial charge in [-0.25, -0.2) is 0 Å². The highest BCUT2D eigenvalue weighted by Crippen LogP contribution is 2.31. The van der Waals surface area contributed by atoms with Crippen molar-refractivity contribution in [3.63, 3.8) is 0 Å². The predicted molar refractivity (Wildman–Crippen MR) is 67.8 cm³/mol. The van der Waals surface area contributed by atoms with Crippen LogP contribution in [0.25, 0.3) is 0 Å². The van der Waals surface area contributed by atoms with Gasteiger partial charge < -0.3 is 19.9 Å². The van der Waals surface area contributed by atoms with E-state index in [4.69, 9.17) is 9.47 Å².